The molecule has 0 aromatic carbocycles. The van der Waals surface area contributed by atoms with Gasteiger partial charge in [-0.1, -0.05) is 0 Å². The standard InChI is InChI=1S/C17H20N2O4S/c18-14(20)11-7-19(8-17(11)5-6-17)15(21)12-9-3-1-2-4-10(9)13(24-12)16(22)23/h11H,1-8H2,(H2,18,20)(H,22,23). The van der Waals surface area contributed by atoms with Gasteiger partial charge in [0.05, 0.1) is 10.8 Å². The van der Waals surface area contributed by atoms with Gasteiger partial charge in [-0.2, -0.15) is 0 Å². The van der Waals surface area contributed by atoms with Gasteiger partial charge in [-0.05, 0) is 49.7 Å². The van der Waals surface area contributed by atoms with E-state index in [-0.39, 0.29) is 23.1 Å². The molecule has 1 atom stereocenters. The van der Waals surface area contributed by atoms with Crippen molar-refractivity contribution in [1.82, 2.24) is 4.90 Å². The Bertz CT molecular complexity index is 750. The van der Waals surface area contributed by atoms with Crippen LogP contribution in [0.3, 0.4) is 0 Å². The molecule has 3 N–H and O–H groups in total. The first-order valence-electron chi connectivity index (χ1n) is 8.39. The topological polar surface area (TPSA) is 101 Å². The average molecular weight is 348 g/mol. The Morgan fingerprint density at radius 3 is 2.25 bits per heavy atom. The summed E-state index contributed by atoms with van der Waals surface area (Å²) in [7, 11) is 0. The molecule has 1 unspecified atom stereocenters. The zero-order valence-corrected chi connectivity index (χ0v) is 14.2. The third-order valence-electron chi connectivity index (χ3n) is 5.78. The number of thiophene rings is 1. The summed E-state index contributed by atoms with van der Waals surface area (Å²) in [5, 5.41) is 9.43. The van der Waals surface area contributed by atoms with Crippen molar-refractivity contribution in [3.63, 3.8) is 0 Å². The highest BCUT2D eigenvalue weighted by Crippen LogP contribution is 2.56. The molecule has 24 heavy (non-hydrogen) atoms. The number of amides is 2. The first-order chi connectivity index (χ1) is 11.4. The summed E-state index contributed by atoms with van der Waals surface area (Å²) in [6, 6.07) is 0. The van der Waals surface area contributed by atoms with Crippen molar-refractivity contribution in [2.45, 2.75) is 38.5 Å². The molecule has 2 amide bonds. The van der Waals surface area contributed by atoms with Gasteiger partial charge in [0, 0.05) is 18.5 Å². The monoisotopic (exact) mass is 348 g/mol. The van der Waals surface area contributed by atoms with Gasteiger partial charge in [0.1, 0.15) is 4.88 Å². The molecule has 4 rings (SSSR count). The smallest absolute Gasteiger partial charge is 0.346 e. The number of nitrogens with two attached hydrogens (primary N) is 1. The molecule has 2 aliphatic carbocycles. The van der Waals surface area contributed by atoms with Crippen molar-refractivity contribution >= 4 is 29.1 Å². The molecule has 1 spiro atoms. The second kappa shape index (κ2) is 5.31. The Balaban J connectivity index is 1.66. The van der Waals surface area contributed by atoms with Gasteiger partial charge in [0.2, 0.25) is 5.91 Å². The third kappa shape index (κ3) is 2.25. The van der Waals surface area contributed by atoms with E-state index in [1.165, 1.54) is 0 Å². The highest BCUT2D eigenvalue weighted by molar-refractivity contribution is 7.16. The van der Waals surface area contributed by atoms with Gasteiger partial charge in [-0.3, -0.25) is 9.59 Å². The van der Waals surface area contributed by atoms with E-state index in [2.05, 4.69) is 0 Å². The van der Waals surface area contributed by atoms with Crippen LogP contribution in [0.15, 0.2) is 0 Å². The van der Waals surface area contributed by atoms with Crippen LogP contribution in [0.1, 0.15) is 56.2 Å². The molecule has 2 fully saturated rings. The normalized spacial score (nSPS) is 24.0. The molecule has 1 aliphatic heterocycles. The van der Waals surface area contributed by atoms with Gasteiger partial charge in [0.25, 0.3) is 5.91 Å². The van der Waals surface area contributed by atoms with Crippen molar-refractivity contribution < 1.29 is 19.5 Å². The van der Waals surface area contributed by atoms with E-state index in [0.29, 0.717) is 22.8 Å². The molecular formula is C17H20N2O4S. The lowest BCUT2D eigenvalue weighted by Crippen LogP contribution is -2.32. The van der Waals surface area contributed by atoms with Gasteiger partial charge in [0.15, 0.2) is 0 Å². The number of hydrogen-bond acceptors (Lipinski definition) is 4. The lowest BCUT2D eigenvalue weighted by molar-refractivity contribution is -0.122. The second-order valence-corrected chi connectivity index (χ2v) is 8.25. The van der Waals surface area contributed by atoms with Crippen molar-refractivity contribution in [2.75, 3.05) is 13.1 Å². The Kier molecular flexibility index (Phi) is 3.46. The predicted octanol–water partition coefficient (Wildman–Crippen LogP) is 1.66. The number of fused-ring (bicyclic) bond motifs is 1. The van der Waals surface area contributed by atoms with E-state index in [9.17, 15) is 19.5 Å². The van der Waals surface area contributed by atoms with Crippen LogP contribution in [0, 0.1) is 11.3 Å². The van der Waals surface area contributed by atoms with Gasteiger partial charge >= 0.3 is 5.97 Å². The Morgan fingerprint density at radius 2 is 1.75 bits per heavy atom. The first-order valence-corrected chi connectivity index (χ1v) is 9.21. The summed E-state index contributed by atoms with van der Waals surface area (Å²) in [5.74, 6) is -1.67. The molecule has 0 bridgehead atoms. The zero-order chi connectivity index (χ0) is 17.1. The molecular weight excluding hydrogens is 328 g/mol. The number of hydrogen-bond donors (Lipinski definition) is 2. The highest BCUT2D eigenvalue weighted by Gasteiger charge is 2.58. The Labute approximate surface area is 143 Å². The minimum Gasteiger partial charge on any atom is -0.477 e. The fourth-order valence-corrected chi connectivity index (χ4v) is 5.51. The maximum Gasteiger partial charge on any atom is 0.346 e. The van der Waals surface area contributed by atoms with E-state index < -0.39 is 5.97 Å². The molecule has 1 aromatic rings. The van der Waals surface area contributed by atoms with Crippen molar-refractivity contribution in [3.8, 4) is 0 Å². The maximum atomic E-state index is 13.0. The van der Waals surface area contributed by atoms with Crippen molar-refractivity contribution in [3.05, 3.63) is 20.9 Å². The van der Waals surface area contributed by atoms with E-state index >= 15 is 0 Å². The Hall–Kier alpha value is -1.89. The van der Waals surface area contributed by atoms with E-state index in [4.69, 9.17) is 5.73 Å². The lowest BCUT2D eigenvalue weighted by atomic mass is 9.92. The molecule has 2 heterocycles. The number of carbonyl (C=O) groups is 3. The molecule has 1 aromatic heterocycles. The van der Waals surface area contributed by atoms with E-state index in [1.54, 1.807) is 4.90 Å². The number of primary amides is 1. The van der Waals surface area contributed by atoms with Gasteiger partial charge in [-0.25, -0.2) is 4.79 Å². The Morgan fingerprint density at radius 1 is 1.12 bits per heavy atom. The fraction of sp³-hybridized carbons (Fsp3) is 0.588. The molecule has 3 aliphatic rings. The predicted molar refractivity (Wildman–Crippen MR) is 88.2 cm³/mol. The van der Waals surface area contributed by atoms with Crippen molar-refractivity contribution in [2.24, 2.45) is 17.1 Å². The fourth-order valence-electron chi connectivity index (χ4n) is 4.30. The minimum absolute atomic E-state index is 0.117. The molecule has 7 heteroatoms. The number of rotatable bonds is 3. The molecule has 0 radical (unpaired) electrons. The largest absolute Gasteiger partial charge is 0.477 e. The number of likely N-dealkylation sites (tertiary alicyclic amines) is 1. The van der Waals surface area contributed by atoms with Crippen LogP contribution in [0.5, 0.6) is 0 Å². The van der Waals surface area contributed by atoms with Crippen LogP contribution in [0.25, 0.3) is 0 Å². The third-order valence-corrected chi connectivity index (χ3v) is 7.03. The quantitative estimate of drug-likeness (QED) is 0.867. The summed E-state index contributed by atoms with van der Waals surface area (Å²) < 4.78 is 0. The summed E-state index contributed by atoms with van der Waals surface area (Å²) >= 11 is 1.10. The maximum absolute atomic E-state index is 13.0. The number of nitrogens with zero attached hydrogens (tertiary/aromatic N) is 1. The van der Waals surface area contributed by atoms with Crippen molar-refractivity contribution in [1.29, 1.82) is 0 Å². The minimum atomic E-state index is -0.952. The van der Waals surface area contributed by atoms with Crippen LogP contribution >= 0.6 is 11.3 Å². The molecule has 1 saturated heterocycles. The van der Waals surface area contributed by atoms with E-state index in [0.717, 1.165) is 61.0 Å². The number of carboxylic acid groups (broad SMARTS) is 1. The van der Waals surface area contributed by atoms with Crippen LogP contribution in [0.2, 0.25) is 0 Å². The van der Waals surface area contributed by atoms with Gasteiger partial charge < -0.3 is 15.7 Å². The summed E-state index contributed by atoms with van der Waals surface area (Å²) in [5.41, 5.74) is 7.16. The van der Waals surface area contributed by atoms with Crippen LogP contribution in [0.4, 0.5) is 0 Å². The average Bonchev–Trinajstić information content (AvgIpc) is 3.05. The van der Waals surface area contributed by atoms with Crippen LogP contribution in [-0.2, 0) is 17.6 Å². The first kappa shape index (κ1) is 15.6. The highest BCUT2D eigenvalue weighted by atomic mass is 32.1. The zero-order valence-electron chi connectivity index (χ0n) is 13.3. The molecule has 6 nitrogen and oxygen atoms in total. The SMILES string of the molecule is NC(=O)C1CN(C(=O)c2sc(C(=O)O)c3c2CCCC3)CC12CC2. The summed E-state index contributed by atoms with van der Waals surface area (Å²) in [6.45, 7) is 0.928. The van der Waals surface area contributed by atoms with Crippen LogP contribution in [-0.4, -0.2) is 40.9 Å². The molecule has 1 saturated carbocycles. The molecule has 128 valence electrons. The van der Waals surface area contributed by atoms with Crippen LogP contribution < -0.4 is 5.73 Å². The number of carboxylic acids is 1. The van der Waals surface area contributed by atoms with Gasteiger partial charge in [-0.15, -0.1) is 11.3 Å². The lowest BCUT2D eigenvalue weighted by Gasteiger charge is -2.18. The number of carbonyl (C=O) groups excluding carboxylic acids is 2. The second-order valence-electron chi connectivity index (χ2n) is 7.23. The number of aromatic carboxylic acids is 1. The summed E-state index contributed by atoms with van der Waals surface area (Å²) in [6.07, 6.45) is 5.32. The van der Waals surface area contributed by atoms with E-state index in [1.807, 2.05) is 0 Å². The summed E-state index contributed by atoms with van der Waals surface area (Å²) in [4.78, 5) is 38.8.